The molecule has 8 nitrogen and oxygen atoms in total. The van der Waals surface area contributed by atoms with Crippen molar-refractivity contribution in [3.8, 4) is 0 Å². The first-order valence-electron chi connectivity index (χ1n) is 8.84. The lowest BCUT2D eigenvalue weighted by atomic mass is 10.0. The quantitative estimate of drug-likeness (QED) is 0.548. The van der Waals surface area contributed by atoms with Gasteiger partial charge in [-0.15, -0.1) is 0 Å². The molecular weight excluding hydrogens is 336 g/mol. The van der Waals surface area contributed by atoms with E-state index in [9.17, 15) is 19.5 Å². The van der Waals surface area contributed by atoms with Crippen LogP contribution in [0.2, 0.25) is 0 Å². The molecule has 3 rings (SSSR count). The Morgan fingerprint density at radius 2 is 2.08 bits per heavy atom. The Labute approximate surface area is 151 Å². The monoisotopic (exact) mass is 360 g/mol. The SMILES string of the molecule is NCCN(CCO)Cc1cccc2c1CN(C1CCC(=O)NC1=O)C2=O. The van der Waals surface area contributed by atoms with Gasteiger partial charge in [0.05, 0.1) is 6.61 Å². The molecule has 1 atom stereocenters. The van der Waals surface area contributed by atoms with Gasteiger partial charge in [-0.2, -0.15) is 0 Å². The largest absolute Gasteiger partial charge is 0.395 e. The molecule has 0 saturated carbocycles. The van der Waals surface area contributed by atoms with Crippen LogP contribution in [0.3, 0.4) is 0 Å². The van der Waals surface area contributed by atoms with Crippen molar-refractivity contribution < 1.29 is 19.5 Å². The Kier molecular flexibility index (Phi) is 5.65. The van der Waals surface area contributed by atoms with Crippen molar-refractivity contribution in [1.82, 2.24) is 15.1 Å². The summed E-state index contributed by atoms with van der Waals surface area (Å²) in [5.74, 6) is -0.879. The number of hydrogen-bond acceptors (Lipinski definition) is 6. The number of aliphatic hydroxyl groups excluding tert-OH is 1. The van der Waals surface area contributed by atoms with Crippen LogP contribution < -0.4 is 11.1 Å². The number of carbonyl (C=O) groups excluding carboxylic acids is 3. The number of amides is 3. The molecule has 0 aliphatic carbocycles. The highest BCUT2D eigenvalue weighted by Crippen LogP contribution is 2.30. The third-order valence-electron chi connectivity index (χ3n) is 4.93. The molecule has 3 amide bonds. The predicted octanol–water partition coefficient (Wildman–Crippen LogP) is -0.799. The average Bonchev–Trinajstić information content (AvgIpc) is 2.93. The molecule has 4 N–H and O–H groups in total. The molecule has 2 heterocycles. The summed E-state index contributed by atoms with van der Waals surface area (Å²) in [4.78, 5) is 39.9. The fourth-order valence-electron chi connectivity index (χ4n) is 3.63. The van der Waals surface area contributed by atoms with Gasteiger partial charge >= 0.3 is 0 Å². The molecule has 2 aliphatic heterocycles. The first kappa shape index (κ1) is 18.5. The zero-order valence-corrected chi connectivity index (χ0v) is 14.6. The Balaban J connectivity index is 1.81. The van der Waals surface area contributed by atoms with Gasteiger partial charge in [0, 0.05) is 44.7 Å². The molecule has 1 unspecified atom stereocenters. The van der Waals surface area contributed by atoms with Crippen molar-refractivity contribution in [1.29, 1.82) is 0 Å². The number of carbonyl (C=O) groups is 3. The normalized spacial score (nSPS) is 19.9. The van der Waals surface area contributed by atoms with Crippen LogP contribution in [0.5, 0.6) is 0 Å². The van der Waals surface area contributed by atoms with Crippen LogP contribution in [0.4, 0.5) is 0 Å². The second kappa shape index (κ2) is 7.94. The van der Waals surface area contributed by atoms with Crippen LogP contribution >= 0.6 is 0 Å². The predicted molar refractivity (Wildman–Crippen MR) is 93.9 cm³/mol. The van der Waals surface area contributed by atoms with Crippen molar-refractivity contribution in [2.45, 2.75) is 32.0 Å². The van der Waals surface area contributed by atoms with Gasteiger partial charge in [0.25, 0.3) is 5.91 Å². The van der Waals surface area contributed by atoms with Gasteiger partial charge in [-0.25, -0.2) is 0 Å². The van der Waals surface area contributed by atoms with Crippen LogP contribution in [0.25, 0.3) is 0 Å². The van der Waals surface area contributed by atoms with Crippen LogP contribution in [-0.2, 0) is 22.7 Å². The molecule has 0 bridgehead atoms. The summed E-state index contributed by atoms with van der Waals surface area (Å²) in [5, 5.41) is 11.5. The number of piperidine rings is 1. The second-order valence-corrected chi connectivity index (χ2v) is 6.63. The summed E-state index contributed by atoms with van der Waals surface area (Å²) in [7, 11) is 0. The van der Waals surface area contributed by atoms with Crippen molar-refractivity contribution in [3.05, 3.63) is 34.9 Å². The zero-order valence-electron chi connectivity index (χ0n) is 14.6. The molecule has 2 aliphatic rings. The summed E-state index contributed by atoms with van der Waals surface area (Å²) in [5.41, 5.74) is 8.14. The van der Waals surface area contributed by atoms with Gasteiger partial charge < -0.3 is 15.7 Å². The van der Waals surface area contributed by atoms with Gasteiger partial charge in [0.1, 0.15) is 6.04 Å². The number of nitrogens with zero attached hydrogens (tertiary/aromatic N) is 2. The Bertz CT molecular complexity index is 715. The lowest BCUT2D eigenvalue weighted by molar-refractivity contribution is -0.136. The van der Waals surface area contributed by atoms with E-state index in [1.807, 2.05) is 17.0 Å². The molecule has 1 aromatic rings. The van der Waals surface area contributed by atoms with E-state index in [4.69, 9.17) is 5.73 Å². The molecule has 0 aromatic heterocycles. The maximum absolute atomic E-state index is 12.8. The van der Waals surface area contributed by atoms with Crippen molar-refractivity contribution in [3.63, 3.8) is 0 Å². The smallest absolute Gasteiger partial charge is 0.255 e. The highest BCUT2D eigenvalue weighted by Gasteiger charge is 2.39. The first-order valence-corrected chi connectivity index (χ1v) is 8.84. The summed E-state index contributed by atoms with van der Waals surface area (Å²) in [6.07, 6.45) is 0.591. The topological polar surface area (TPSA) is 116 Å². The standard InChI is InChI=1S/C18H24N4O4/c19-6-7-21(8-9-23)10-12-2-1-3-13-14(12)11-22(18(13)26)15-4-5-16(24)20-17(15)25/h1-3,15,23H,4-11,19H2,(H,20,24,25). The highest BCUT2D eigenvalue weighted by molar-refractivity contribution is 6.05. The minimum absolute atomic E-state index is 0.0380. The zero-order chi connectivity index (χ0) is 18.7. The number of imide groups is 1. The average molecular weight is 360 g/mol. The molecule has 26 heavy (non-hydrogen) atoms. The van der Waals surface area contributed by atoms with Crippen LogP contribution in [0, 0.1) is 0 Å². The van der Waals surface area contributed by atoms with E-state index >= 15 is 0 Å². The molecule has 0 spiro atoms. The summed E-state index contributed by atoms with van der Waals surface area (Å²) in [6.45, 7) is 2.61. The molecule has 140 valence electrons. The van der Waals surface area contributed by atoms with Crippen molar-refractivity contribution in [2.75, 3.05) is 26.2 Å². The minimum atomic E-state index is -0.613. The lowest BCUT2D eigenvalue weighted by Crippen LogP contribution is -2.52. The van der Waals surface area contributed by atoms with Gasteiger partial charge in [-0.05, 0) is 23.6 Å². The number of nitrogens with one attached hydrogen (secondary N) is 1. The lowest BCUT2D eigenvalue weighted by Gasteiger charge is -2.29. The number of benzene rings is 1. The van der Waals surface area contributed by atoms with E-state index in [0.29, 0.717) is 44.7 Å². The van der Waals surface area contributed by atoms with E-state index in [1.54, 1.807) is 11.0 Å². The molecule has 1 fully saturated rings. The van der Waals surface area contributed by atoms with E-state index in [-0.39, 0.29) is 24.8 Å². The van der Waals surface area contributed by atoms with E-state index in [0.717, 1.165) is 11.1 Å². The van der Waals surface area contributed by atoms with E-state index < -0.39 is 11.9 Å². The van der Waals surface area contributed by atoms with Crippen molar-refractivity contribution in [2.24, 2.45) is 5.73 Å². The van der Waals surface area contributed by atoms with Gasteiger partial charge in [0.15, 0.2) is 0 Å². The van der Waals surface area contributed by atoms with Gasteiger partial charge in [-0.3, -0.25) is 24.6 Å². The van der Waals surface area contributed by atoms with E-state index in [1.165, 1.54) is 0 Å². The minimum Gasteiger partial charge on any atom is -0.395 e. The molecule has 0 radical (unpaired) electrons. The van der Waals surface area contributed by atoms with Gasteiger partial charge in [0.2, 0.25) is 11.8 Å². The van der Waals surface area contributed by atoms with Crippen LogP contribution in [0.15, 0.2) is 18.2 Å². The summed E-state index contributed by atoms with van der Waals surface area (Å²) < 4.78 is 0. The van der Waals surface area contributed by atoms with Gasteiger partial charge in [-0.1, -0.05) is 12.1 Å². The third kappa shape index (κ3) is 3.62. The van der Waals surface area contributed by atoms with Crippen LogP contribution in [-0.4, -0.2) is 64.9 Å². The van der Waals surface area contributed by atoms with Crippen molar-refractivity contribution >= 4 is 17.7 Å². The maximum atomic E-state index is 12.8. The first-order chi connectivity index (χ1) is 12.5. The number of hydrogen-bond donors (Lipinski definition) is 3. The Morgan fingerprint density at radius 3 is 2.77 bits per heavy atom. The fraction of sp³-hybridized carbons (Fsp3) is 0.500. The molecular formula is C18H24N4O4. The van der Waals surface area contributed by atoms with Crippen LogP contribution in [0.1, 0.15) is 34.3 Å². The highest BCUT2D eigenvalue weighted by atomic mass is 16.3. The second-order valence-electron chi connectivity index (χ2n) is 6.63. The number of nitrogens with two attached hydrogens (primary N) is 1. The fourth-order valence-corrected chi connectivity index (χ4v) is 3.63. The summed E-state index contributed by atoms with van der Waals surface area (Å²) in [6, 6.07) is 4.95. The number of fused-ring (bicyclic) bond motifs is 1. The number of aliphatic hydroxyl groups is 1. The third-order valence-corrected chi connectivity index (χ3v) is 4.93. The maximum Gasteiger partial charge on any atom is 0.255 e. The Hall–Kier alpha value is -2.29. The molecule has 1 aromatic carbocycles. The summed E-state index contributed by atoms with van der Waals surface area (Å²) >= 11 is 0. The number of rotatable bonds is 7. The molecule has 1 saturated heterocycles. The molecule has 8 heteroatoms. The van der Waals surface area contributed by atoms with E-state index in [2.05, 4.69) is 5.32 Å². The Morgan fingerprint density at radius 1 is 1.27 bits per heavy atom.